The van der Waals surface area contributed by atoms with Gasteiger partial charge in [0.05, 0.1) is 10.2 Å². The van der Waals surface area contributed by atoms with Gasteiger partial charge >= 0.3 is 0 Å². The minimum Gasteiger partial charge on any atom is -0.431 e. The second-order valence-corrected chi connectivity index (χ2v) is 9.39. The number of benzene rings is 2. The Kier molecular flexibility index (Phi) is 5.44. The third kappa shape index (κ3) is 4.07. The Bertz CT molecular complexity index is 999. The van der Waals surface area contributed by atoms with E-state index in [1.807, 2.05) is 30.3 Å². The number of ether oxygens (including phenoxy) is 1. The van der Waals surface area contributed by atoms with Gasteiger partial charge in [-0.05, 0) is 61.6 Å². The molecule has 2 aliphatic heterocycles. The number of piperidine rings is 2. The average Bonchev–Trinajstić information content (AvgIpc) is 3.17. The van der Waals surface area contributed by atoms with Crippen LogP contribution in [0.5, 0.6) is 10.9 Å². The highest BCUT2D eigenvalue weighted by Crippen LogP contribution is 2.33. The lowest BCUT2D eigenvalue weighted by atomic mass is 9.83. The number of amides is 1. The second-order valence-electron chi connectivity index (χ2n) is 8.40. The SMILES string of the molecule is CC(=O)N1CCC[C@@H]2CCN(Cc3ccc(Oc4nc5ccccc5s4)cc3)C[C@H]21. The molecule has 2 saturated heterocycles. The summed E-state index contributed by atoms with van der Waals surface area (Å²) in [6, 6.07) is 16.8. The molecular weight excluding hydrogens is 394 g/mol. The van der Waals surface area contributed by atoms with Gasteiger partial charge in [-0.1, -0.05) is 35.6 Å². The molecule has 0 saturated carbocycles. The summed E-state index contributed by atoms with van der Waals surface area (Å²) >= 11 is 1.56. The molecule has 0 bridgehead atoms. The highest BCUT2D eigenvalue weighted by Gasteiger charge is 2.37. The molecule has 156 valence electrons. The third-order valence-corrected chi connectivity index (χ3v) is 7.31. The smallest absolute Gasteiger partial charge is 0.279 e. The Morgan fingerprint density at radius 2 is 1.97 bits per heavy atom. The molecule has 0 radical (unpaired) electrons. The molecule has 2 atom stereocenters. The van der Waals surface area contributed by atoms with Crippen LogP contribution in [0.25, 0.3) is 10.2 Å². The van der Waals surface area contributed by atoms with Crippen LogP contribution in [-0.4, -0.2) is 46.4 Å². The Morgan fingerprint density at radius 3 is 2.77 bits per heavy atom. The van der Waals surface area contributed by atoms with Gasteiger partial charge in [0.15, 0.2) is 0 Å². The summed E-state index contributed by atoms with van der Waals surface area (Å²) in [5.41, 5.74) is 2.25. The summed E-state index contributed by atoms with van der Waals surface area (Å²) in [5.74, 6) is 1.71. The van der Waals surface area contributed by atoms with Gasteiger partial charge in [0.1, 0.15) is 5.75 Å². The van der Waals surface area contributed by atoms with Gasteiger partial charge in [-0.25, -0.2) is 4.98 Å². The predicted molar refractivity (Wildman–Crippen MR) is 120 cm³/mol. The molecule has 6 heteroatoms. The van der Waals surface area contributed by atoms with Gasteiger partial charge in [0.25, 0.3) is 5.19 Å². The number of thiazole rings is 1. The molecule has 5 nitrogen and oxygen atoms in total. The van der Waals surface area contributed by atoms with Crippen LogP contribution < -0.4 is 4.74 Å². The Labute approximate surface area is 181 Å². The largest absolute Gasteiger partial charge is 0.431 e. The maximum Gasteiger partial charge on any atom is 0.279 e. The van der Waals surface area contributed by atoms with Crippen molar-refractivity contribution >= 4 is 27.5 Å². The summed E-state index contributed by atoms with van der Waals surface area (Å²) in [4.78, 5) is 21.2. The van der Waals surface area contributed by atoms with Crippen molar-refractivity contribution < 1.29 is 9.53 Å². The Hall–Kier alpha value is -2.44. The van der Waals surface area contributed by atoms with Gasteiger partial charge in [-0.3, -0.25) is 9.69 Å². The molecule has 1 amide bonds. The molecule has 0 unspecified atom stereocenters. The summed E-state index contributed by atoms with van der Waals surface area (Å²) in [6.07, 6.45) is 3.60. The lowest BCUT2D eigenvalue weighted by Gasteiger charge is -2.47. The molecule has 0 N–H and O–H groups in total. The minimum atomic E-state index is 0.225. The number of likely N-dealkylation sites (tertiary alicyclic amines) is 2. The van der Waals surface area contributed by atoms with Crippen molar-refractivity contribution in [2.45, 2.75) is 38.8 Å². The monoisotopic (exact) mass is 421 g/mol. The number of para-hydroxylation sites is 1. The van der Waals surface area contributed by atoms with E-state index < -0.39 is 0 Å². The van der Waals surface area contributed by atoms with Crippen LogP contribution in [0.3, 0.4) is 0 Å². The van der Waals surface area contributed by atoms with Crippen LogP contribution in [0.2, 0.25) is 0 Å². The fourth-order valence-corrected chi connectivity index (χ4v) is 5.71. The lowest BCUT2D eigenvalue weighted by Crippen LogP contribution is -2.56. The van der Waals surface area contributed by atoms with E-state index in [0.717, 1.165) is 48.6 Å². The first kappa shape index (κ1) is 19.5. The Balaban J connectivity index is 1.22. The zero-order chi connectivity index (χ0) is 20.5. The van der Waals surface area contributed by atoms with Gasteiger partial charge in [-0.15, -0.1) is 0 Å². The minimum absolute atomic E-state index is 0.225. The van der Waals surface area contributed by atoms with E-state index in [0.29, 0.717) is 17.2 Å². The first-order valence-electron chi connectivity index (χ1n) is 10.8. The molecule has 3 aromatic rings. The fourth-order valence-electron chi connectivity index (χ4n) is 4.88. The number of carbonyl (C=O) groups is 1. The van der Waals surface area contributed by atoms with E-state index in [1.54, 1.807) is 18.3 Å². The van der Waals surface area contributed by atoms with Crippen molar-refractivity contribution in [3.8, 4) is 10.9 Å². The molecule has 0 spiro atoms. The van der Waals surface area contributed by atoms with Gasteiger partial charge in [0, 0.05) is 32.6 Å². The molecule has 1 aromatic heterocycles. The first-order chi connectivity index (χ1) is 14.7. The van der Waals surface area contributed by atoms with Crippen LogP contribution in [0.1, 0.15) is 31.7 Å². The fraction of sp³-hybridized carbons (Fsp3) is 0.417. The number of rotatable bonds is 4. The molecule has 2 fully saturated rings. The highest BCUT2D eigenvalue weighted by atomic mass is 32.1. The normalized spacial score (nSPS) is 22.1. The first-order valence-corrected chi connectivity index (χ1v) is 11.6. The van der Waals surface area contributed by atoms with Crippen molar-refractivity contribution in [2.75, 3.05) is 19.6 Å². The molecule has 2 aliphatic rings. The number of fused-ring (bicyclic) bond motifs is 2. The molecule has 0 aliphatic carbocycles. The quantitative estimate of drug-likeness (QED) is 0.600. The number of hydrogen-bond donors (Lipinski definition) is 0. The van der Waals surface area contributed by atoms with Crippen LogP contribution in [-0.2, 0) is 11.3 Å². The number of carbonyl (C=O) groups excluding carboxylic acids is 1. The van der Waals surface area contributed by atoms with Crippen LogP contribution >= 0.6 is 11.3 Å². The molecule has 5 rings (SSSR count). The van der Waals surface area contributed by atoms with Crippen molar-refractivity contribution in [3.63, 3.8) is 0 Å². The van der Waals surface area contributed by atoms with E-state index in [2.05, 4.69) is 33.0 Å². The summed E-state index contributed by atoms with van der Waals surface area (Å²) in [5, 5.41) is 0.674. The van der Waals surface area contributed by atoms with E-state index in [-0.39, 0.29) is 5.91 Å². The van der Waals surface area contributed by atoms with Crippen molar-refractivity contribution in [1.29, 1.82) is 0 Å². The summed E-state index contributed by atoms with van der Waals surface area (Å²) in [7, 11) is 0. The zero-order valence-electron chi connectivity index (χ0n) is 17.3. The predicted octanol–water partition coefficient (Wildman–Crippen LogP) is 4.92. The van der Waals surface area contributed by atoms with Gasteiger partial charge in [0.2, 0.25) is 5.91 Å². The number of hydrogen-bond acceptors (Lipinski definition) is 5. The number of nitrogens with zero attached hydrogens (tertiary/aromatic N) is 3. The average molecular weight is 422 g/mol. The maximum atomic E-state index is 12.1. The number of aromatic nitrogens is 1. The van der Waals surface area contributed by atoms with Gasteiger partial charge < -0.3 is 9.64 Å². The van der Waals surface area contributed by atoms with Crippen molar-refractivity contribution in [1.82, 2.24) is 14.8 Å². The van der Waals surface area contributed by atoms with E-state index in [1.165, 1.54) is 18.4 Å². The van der Waals surface area contributed by atoms with Crippen LogP contribution in [0.4, 0.5) is 0 Å². The standard InChI is InChI=1S/C24H27N3O2S/c1-17(28)27-13-4-5-19-12-14-26(16-22(19)27)15-18-8-10-20(11-9-18)29-24-25-21-6-2-3-7-23(21)30-24/h2-3,6-11,19,22H,4-5,12-16H2,1H3/t19-,22-/m1/s1. The molecule has 3 heterocycles. The van der Waals surface area contributed by atoms with E-state index in [4.69, 9.17) is 4.74 Å². The summed E-state index contributed by atoms with van der Waals surface area (Å²) < 4.78 is 7.10. The zero-order valence-corrected chi connectivity index (χ0v) is 18.1. The van der Waals surface area contributed by atoms with Crippen LogP contribution in [0, 0.1) is 5.92 Å². The van der Waals surface area contributed by atoms with Gasteiger partial charge in [-0.2, -0.15) is 0 Å². The highest BCUT2D eigenvalue weighted by molar-refractivity contribution is 7.20. The van der Waals surface area contributed by atoms with Crippen LogP contribution in [0.15, 0.2) is 48.5 Å². The summed E-state index contributed by atoms with van der Waals surface area (Å²) in [6.45, 7) is 5.63. The topological polar surface area (TPSA) is 45.7 Å². The maximum absolute atomic E-state index is 12.1. The lowest BCUT2D eigenvalue weighted by molar-refractivity contribution is -0.136. The molecule has 2 aromatic carbocycles. The van der Waals surface area contributed by atoms with E-state index >= 15 is 0 Å². The third-order valence-electron chi connectivity index (χ3n) is 6.39. The van der Waals surface area contributed by atoms with Crippen molar-refractivity contribution in [2.24, 2.45) is 5.92 Å². The molecule has 30 heavy (non-hydrogen) atoms. The van der Waals surface area contributed by atoms with Crippen molar-refractivity contribution in [3.05, 3.63) is 54.1 Å². The Morgan fingerprint density at radius 1 is 1.13 bits per heavy atom. The molecular formula is C24H27N3O2S. The second kappa shape index (κ2) is 8.36. The van der Waals surface area contributed by atoms with E-state index in [9.17, 15) is 4.79 Å².